The summed E-state index contributed by atoms with van der Waals surface area (Å²) in [4.78, 5) is 1.34. The van der Waals surface area contributed by atoms with E-state index in [0.717, 1.165) is 11.3 Å². The average Bonchev–Trinajstić information content (AvgIpc) is 2.98. The molecule has 1 nitrogen and oxygen atoms in total. The average molecular weight is 280 g/mol. The van der Waals surface area contributed by atoms with E-state index >= 15 is 0 Å². The molecule has 0 atom stereocenters. The highest BCUT2D eigenvalue weighted by molar-refractivity contribution is 8.00. The number of aliphatic hydroxyl groups is 1. The molecule has 4 heteroatoms. The van der Waals surface area contributed by atoms with Gasteiger partial charge in [-0.25, -0.2) is 0 Å². The second-order valence-corrected chi connectivity index (χ2v) is 6.52. The number of thiophene rings is 2. The van der Waals surface area contributed by atoms with Crippen LogP contribution in [0.25, 0.3) is 0 Å². The van der Waals surface area contributed by atoms with Crippen molar-refractivity contribution in [3.05, 3.63) is 39.4 Å². The van der Waals surface area contributed by atoms with E-state index in [-0.39, 0.29) is 6.61 Å². The molecule has 2 aromatic rings. The Labute approximate surface area is 114 Å². The molecule has 0 amide bonds. The third kappa shape index (κ3) is 4.21. The summed E-state index contributed by atoms with van der Waals surface area (Å²) in [5, 5.41) is 12.8. The Balaban J connectivity index is 1.88. The van der Waals surface area contributed by atoms with Crippen molar-refractivity contribution in [2.75, 3.05) is 6.61 Å². The lowest BCUT2D eigenvalue weighted by Gasteiger charge is -1.93. The molecule has 0 aromatic carbocycles. The second-order valence-electron chi connectivity index (χ2n) is 3.30. The fraction of sp³-hybridized carbons (Fsp3) is 0.231. The van der Waals surface area contributed by atoms with E-state index in [1.807, 2.05) is 11.8 Å². The summed E-state index contributed by atoms with van der Waals surface area (Å²) >= 11 is 5.39. The van der Waals surface area contributed by atoms with Gasteiger partial charge >= 0.3 is 0 Å². The highest BCUT2D eigenvalue weighted by atomic mass is 32.2. The minimum Gasteiger partial charge on any atom is -0.395 e. The van der Waals surface area contributed by atoms with Gasteiger partial charge in [-0.1, -0.05) is 17.9 Å². The smallest absolute Gasteiger partial charge is 0.0602 e. The molecule has 0 fully saturated rings. The first-order valence-electron chi connectivity index (χ1n) is 5.22. The van der Waals surface area contributed by atoms with Crippen LogP contribution < -0.4 is 0 Å². The highest BCUT2D eigenvalue weighted by Crippen LogP contribution is 2.29. The zero-order valence-electron chi connectivity index (χ0n) is 9.18. The molecule has 0 bridgehead atoms. The lowest BCUT2D eigenvalue weighted by atomic mass is 10.3. The number of aliphatic hydroxyl groups excluding tert-OH is 1. The topological polar surface area (TPSA) is 20.2 Å². The molecule has 0 saturated carbocycles. The zero-order valence-corrected chi connectivity index (χ0v) is 11.6. The van der Waals surface area contributed by atoms with Gasteiger partial charge in [-0.15, -0.1) is 34.4 Å². The third-order valence-electron chi connectivity index (χ3n) is 1.98. The van der Waals surface area contributed by atoms with Gasteiger partial charge in [-0.2, -0.15) is 0 Å². The first-order chi connectivity index (χ1) is 8.38. The van der Waals surface area contributed by atoms with E-state index in [9.17, 15) is 0 Å². The first-order valence-corrected chi connectivity index (χ1v) is 7.96. The summed E-state index contributed by atoms with van der Waals surface area (Å²) in [6, 6.07) is 6.35. The van der Waals surface area contributed by atoms with Crippen molar-refractivity contribution >= 4 is 34.4 Å². The molecule has 0 aliphatic heterocycles. The fourth-order valence-electron chi connectivity index (χ4n) is 1.23. The normalized spacial score (nSPS) is 9.94. The van der Waals surface area contributed by atoms with E-state index in [1.54, 1.807) is 22.7 Å². The Morgan fingerprint density at radius 1 is 1.35 bits per heavy atom. The molecule has 2 heterocycles. The molecule has 2 rings (SSSR count). The molecule has 17 heavy (non-hydrogen) atoms. The molecule has 0 saturated heterocycles. The van der Waals surface area contributed by atoms with Gasteiger partial charge in [0.05, 0.1) is 10.8 Å². The van der Waals surface area contributed by atoms with Crippen LogP contribution in [0.15, 0.2) is 33.2 Å². The summed E-state index contributed by atoms with van der Waals surface area (Å²) in [7, 11) is 0. The van der Waals surface area contributed by atoms with E-state index in [4.69, 9.17) is 5.11 Å². The molecule has 0 radical (unpaired) electrons. The predicted octanol–water partition coefficient (Wildman–Crippen LogP) is 3.84. The first kappa shape index (κ1) is 12.7. The lowest BCUT2D eigenvalue weighted by molar-refractivity contribution is 0.305. The van der Waals surface area contributed by atoms with Crippen LogP contribution in [0.2, 0.25) is 0 Å². The Bertz CT molecular complexity index is 502. The maximum Gasteiger partial charge on any atom is 0.0602 e. The minimum atomic E-state index is 0.137. The zero-order chi connectivity index (χ0) is 11.9. The van der Waals surface area contributed by atoms with Gasteiger partial charge in [-0.05, 0) is 17.5 Å². The maximum absolute atomic E-state index is 8.64. The molecule has 0 unspecified atom stereocenters. The quantitative estimate of drug-likeness (QED) is 0.678. The number of thioether (sulfide) groups is 1. The van der Waals surface area contributed by atoms with E-state index in [2.05, 4.69) is 40.8 Å². The van der Waals surface area contributed by atoms with Crippen LogP contribution in [0.5, 0.6) is 0 Å². The van der Waals surface area contributed by atoms with Crippen molar-refractivity contribution in [3.8, 4) is 11.8 Å². The summed E-state index contributed by atoms with van der Waals surface area (Å²) < 4.78 is 1.35. The Morgan fingerprint density at radius 3 is 3.06 bits per heavy atom. The fourth-order valence-corrected chi connectivity index (χ4v) is 3.89. The molecule has 2 aromatic heterocycles. The van der Waals surface area contributed by atoms with Crippen LogP contribution >= 0.6 is 34.4 Å². The molecule has 0 aliphatic rings. The number of hydrogen-bond acceptors (Lipinski definition) is 4. The van der Waals surface area contributed by atoms with Crippen LogP contribution in [0, 0.1) is 11.8 Å². The minimum absolute atomic E-state index is 0.137. The van der Waals surface area contributed by atoms with E-state index < -0.39 is 0 Å². The van der Waals surface area contributed by atoms with Gasteiger partial charge in [0.2, 0.25) is 0 Å². The van der Waals surface area contributed by atoms with Gasteiger partial charge in [0.1, 0.15) is 0 Å². The maximum atomic E-state index is 8.64. The lowest BCUT2D eigenvalue weighted by Crippen LogP contribution is -1.76. The molecule has 0 spiro atoms. The monoisotopic (exact) mass is 280 g/mol. The summed E-state index contributed by atoms with van der Waals surface area (Å²) in [5.41, 5.74) is 1.06. The van der Waals surface area contributed by atoms with Crippen molar-refractivity contribution in [1.82, 2.24) is 0 Å². The molecular formula is C13H12OS3. The summed E-state index contributed by atoms with van der Waals surface area (Å²) in [6.45, 7) is 0.137. The second kappa shape index (κ2) is 6.87. The van der Waals surface area contributed by atoms with E-state index in [1.165, 1.54) is 9.09 Å². The van der Waals surface area contributed by atoms with Gasteiger partial charge in [0.25, 0.3) is 0 Å². The van der Waals surface area contributed by atoms with Crippen LogP contribution in [0.4, 0.5) is 0 Å². The van der Waals surface area contributed by atoms with Crippen molar-refractivity contribution in [1.29, 1.82) is 0 Å². The number of rotatable bonds is 4. The third-order valence-corrected chi connectivity index (χ3v) is 5.27. The number of hydrogen-bond donors (Lipinski definition) is 1. The Morgan fingerprint density at radius 2 is 2.29 bits per heavy atom. The largest absolute Gasteiger partial charge is 0.395 e. The standard InChI is InChI=1S/C13H12OS3/c14-6-2-1-4-11-8-12(16-9-11)10-17-13-5-3-7-15-13/h3,5,7-9,14H,2,6,10H2. The van der Waals surface area contributed by atoms with Crippen LogP contribution in [0.3, 0.4) is 0 Å². The SMILES string of the molecule is OCCC#Cc1csc(CSc2cccs2)c1. The van der Waals surface area contributed by atoms with Gasteiger partial charge in [0.15, 0.2) is 0 Å². The molecule has 1 N–H and O–H groups in total. The predicted molar refractivity (Wildman–Crippen MR) is 76.8 cm³/mol. The molecule has 88 valence electrons. The van der Waals surface area contributed by atoms with Crippen molar-refractivity contribution in [2.24, 2.45) is 0 Å². The summed E-state index contributed by atoms with van der Waals surface area (Å²) in [5.74, 6) is 7.00. The van der Waals surface area contributed by atoms with E-state index in [0.29, 0.717) is 6.42 Å². The van der Waals surface area contributed by atoms with Crippen LogP contribution in [-0.4, -0.2) is 11.7 Å². The van der Waals surface area contributed by atoms with Crippen molar-refractivity contribution in [2.45, 2.75) is 16.4 Å². The van der Waals surface area contributed by atoms with Gasteiger partial charge in [-0.3, -0.25) is 0 Å². The van der Waals surface area contributed by atoms with Crippen LogP contribution in [0.1, 0.15) is 16.9 Å². The van der Waals surface area contributed by atoms with Gasteiger partial charge < -0.3 is 5.11 Å². The highest BCUT2D eigenvalue weighted by Gasteiger charge is 2.00. The molecule has 0 aliphatic carbocycles. The Hall–Kier alpha value is -0.730. The van der Waals surface area contributed by atoms with Gasteiger partial charge in [0, 0.05) is 28.0 Å². The molecular weight excluding hydrogens is 268 g/mol. The van der Waals surface area contributed by atoms with Crippen molar-refractivity contribution < 1.29 is 5.11 Å². The van der Waals surface area contributed by atoms with Crippen LogP contribution in [-0.2, 0) is 5.75 Å². The Kier molecular flexibility index (Phi) is 5.14. The van der Waals surface area contributed by atoms with Crippen molar-refractivity contribution in [3.63, 3.8) is 0 Å². The summed E-state index contributed by atoms with van der Waals surface area (Å²) in [6.07, 6.45) is 0.551.